The molecule has 0 spiro atoms. The van der Waals surface area contributed by atoms with Gasteiger partial charge in [-0.05, 0) is 6.07 Å². The molecule has 1 aromatic rings. The molecule has 0 saturated heterocycles. The molecule has 0 aromatic carbocycles. The van der Waals surface area contributed by atoms with Crippen molar-refractivity contribution in [1.82, 2.24) is 4.98 Å². The number of rotatable bonds is 3. The van der Waals surface area contributed by atoms with Crippen LogP contribution in [0.5, 0.6) is 5.75 Å². The first-order chi connectivity index (χ1) is 6.42. The molecular formula is C7H5ClF3NO2. The lowest BCUT2D eigenvalue weighted by molar-refractivity contribution is -0.199. The maximum absolute atomic E-state index is 12.5. The standard InChI is InChI=1S/C7H5ClF3NO2/c8-6(9)7(10,11)14-4-1-2-5(13)12-3-4/h1-3,6H,(H,12,13). The molecule has 0 saturated carbocycles. The molecule has 0 radical (unpaired) electrons. The first-order valence-corrected chi connectivity index (χ1v) is 3.89. The van der Waals surface area contributed by atoms with Gasteiger partial charge in [0.15, 0.2) is 0 Å². The fourth-order valence-electron chi connectivity index (χ4n) is 0.661. The van der Waals surface area contributed by atoms with Crippen molar-refractivity contribution in [3.05, 3.63) is 28.7 Å². The summed E-state index contributed by atoms with van der Waals surface area (Å²) in [5, 5.41) is 0. The Balaban J connectivity index is 2.79. The molecule has 0 bridgehead atoms. The molecule has 0 aliphatic heterocycles. The fourth-order valence-corrected chi connectivity index (χ4v) is 0.706. The topological polar surface area (TPSA) is 42.1 Å². The van der Waals surface area contributed by atoms with E-state index in [0.717, 1.165) is 18.3 Å². The summed E-state index contributed by atoms with van der Waals surface area (Å²) in [6.07, 6.45) is -3.24. The van der Waals surface area contributed by atoms with Crippen molar-refractivity contribution in [1.29, 1.82) is 0 Å². The van der Waals surface area contributed by atoms with Crippen LogP contribution in [0.3, 0.4) is 0 Å². The smallest absolute Gasteiger partial charge is 0.428 e. The van der Waals surface area contributed by atoms with E-state index in [2.05, 4.69) is 21.3 Å². The predicted octanol–water partition coefficient (Wildman–Crippen LogP) is 1.88. The molecule has 1 heterocycles. The van der Waals surface area contributed by atoms with E-state index in [1.54, 1.807) is 0 Å². The number of ether oxygens (including phenoxy) is 1. The van der Waals surface area contributed by atoms with E-state index in [1.165, 1.54) is 0 Å². The van der Waals surface area contributed by atoms with Crippen LogP contribution >= 0.6 is 11.6 Å². The van der Waals surface area contributed by atoms with E-state index in [-0.39, 0.29) is 5.75 Å². The maximum atomic E-state index is 12.5. The minimum absolute atomic E-state index is 0.377. The van der Waals surface area contributed by atoms with Gasteiger partial charge in [0, 0.05) is 12.3 Å². The van der Waals surface area contributed by atoms with E-state index in [9.17, 15) is 18.0 Å². The second kappa shape index (κ2) is 3.91. The molecule has 0 amide bonds. The number of hydrogen-bond donors (Lipinski definition) is 1. The van der Waals surface area contributed by atoms with Crippen LogP contribution in [-0.2, 0) is 0 Å². The van der Waals surface area contributed by atoms with Gasteiger partial charge in [-0.3, -0.25) is 4.79 Å². The Kier molecular flexibility index (Phi) is 3.05. The number of aromatic amines is 1. The van der Waals surface area contributed by atoms with Gasteiger partial charge in [0.05, 0.1) is 0 Å². The summed E-state index contributed by atoms with van der Waals surface area (Å²) in [5.41, 5.74) is -3.43. The minimum Gasteiger partial charge on any atom is -0.428 e. The zero-order valence-electron chi connectivity index (χ0n) is 6.64. The molecule has 1 unspecified atom stereocenters. The number of hydrogen-bond acceptors (Lipinski definition) is 2. The molecule has 0 fully saturated rings. The average Bonchev–Trinajstić information content (AvgIpc) is 2.08. The van der Waals surface area contributed by atoms with Gasteiger partial charge in [0.25, 0.3) is 5.63 Å². The van der Waals surface area contributed by atoms with Gasteiger partial charge in [-0.1, -0.05) is 11.6 Å². The highest BCUT2D eigenvalue weighted by atomic mass is 35.5. The van der Waals surface area contributed by atoms with Gasteiger partial charge >= 0.3 is 6.11 Å². The van der Waals surface area contributed by atoms with Crippen molar-refractivity contribution in [3.63, 3.8) is 0 Å². The highest BCUT2D eigenvalue weighted by Crippen LogP contribution is 2.27. The van der Waals surface area contributed by atoms with Crippen LogP contribution in [0.1, 0.15) is 0 Å². The van der Waals surface area contributed by atoms with E-state index in [0.29, 0.717) is 0 Å². The second-order valence-corrected chi connectivity index (χ2v) is 2.74. The van der Waals surface area contributed by atoms with Crippen LogP contribution in [0.4, 0.5) is 13.2 Å². The third-order valence-electron chi connectivity index (χ3n) is 1.26. The molecule has 0 aliphatic carbocycles. The Bertz CT molecular complexity index is 346. The molecule has 1 rings (SSSR count). The van der Waals surface area contributed by atoms with Crippen LogP contribution < -0.4 is 10.3 Å². The number of pyridine rings is 1. The number of aromatic nitrogens is 1. The quantitative estimate of drug-likeness (QED) is 0.801. The zero-order chi connectivity index (χ0) is 10.8. The molecule has 0 aliphatic rings. The van der Waals surface area contributed by atoms with E-state index < -0.39 is 17.3 Å². The molecular weight excluding hydrogens is 223 g/mol. The van der Waals surface area contributed by atoms with Crippen molar-refractivity contribution in [2.45, 2.75) is 11.7 Å². The maximum Gasteiger partial charge on any atom is 0.444 e. The first-order valence-electron chi connectivity index (χ1n) is 3.45. The summed E-state index contributed by atoms with van der Waals surface area (Å²) < 4.78 is 41.0. The normalized spacial score (nSPS) is 13.7. The Hall–Kier alpha value is -1.17. The van der Waals surface area contributed by atoms with Gasteiger partial charge in [-0.15, -0.1) is 0 Å². The summed E-state index contributed by atoms with van der Waals surface area (Å²) in [5.74, 6) is -0.377. The number of H-pyrrole nitrogens is 1. The lowest BCUT2D eigenvalue weighted by Crippen LogP contribution is -2.32. The van der Waals surface area contributed by atoms with Crippen molar-refractivity contribution in [2.75, 3.05) is 0 Å². The number of nitrogens with one attached hydrogen (secondary N) is 1. The third kappa shape index (κ3) is 2.66. The monoisotopic (exact) mass is 227 g/mol. The van der Waals surface area contributed by atoms with Gasteiger partial charge in [0.2, 0.25) is 5.56 Å². The average molecular weight is 228 g/mol. The minimum atomic E-state index is -4.13. The van der Waals surface area contributed by atoms with Crippen molar-refractivity contribution >= 4 is 11.6 Å². The third-order valence-corrected chi connectivity index (χ3v) is 1.52. The molecule has 7 heteroatoms. The van der Waals surface area contributed by atoms with Crippen LogP contribution in [-0.4, -0.2) is 16.7 Å². The summed E-state index contributed by atoms with van der Waals surface area (Å²) in [4.78, 5) is 12.6. The highest BCUT2D eigenvalue weighted by Gasteiger charge is 2.42. The van der Waals surface area contributed by atoms with Gasteiger partial charge in [-0.25, -0.2) is 4.39 Å². The van der Waals surface area contributed by atoms with Crippen LogP contribution in [0, 0.1) is 0 Å². The summed E-state index contributed by atoms with van der Waals surface area (Å²) in [7, 11) is 0. The predicted molar refractivity (Wildman–Crippen MR) is 43.4 cm³/mol. The number of alkyl halides is 4. The SMILES string of the molecule is O=c1ccc(OC(F)(F)C(F)Cl)c[nH]1. The highest BCUT2D eigenvalue weighted by molar-refractivity contribution is 6.20. The van der Waals surface area contributed by atoms with E-state index in [4.69, 9.17) is 0 Å². The largest absolute Gasteiger partial charge is 0.444 e. The fraction of sp³-hybridized carbons (Fsp3) is 0.286. The van der Waals surface area contributed by atoms with Crippen molar-refractivity contribution < 1.29 is 17.9 Å². The van der Waals surface area contributed by atoms with Gasteiger partial charge in [0.1, 0.15) is 5.75 Å². The molecule has 78 valence electrons. The van der Waals surface area contributed by atoms with E-state index in [1.807, 2.05) is 0 Å². The lowest BCUT2D eigenvalue weighted by atomic mass is 10.4. The zero-order valence-corrected chi connectivity index (χ0v) is 7.39. The summed E-state index contributed by atoms with van der Waals surface area (Å²) in [6, 6.07) is 1.94. The van der Waals surface area contributed by atoms with Gasteiger partial charge < -0.3 is 9.72 Å². The Morgan fingerprint density at radius 3 is 2.57 bits per heavy atom. The van der Waals surface area contributed by atoms with Crippen molar-refractivity contribution in [3.8, 4) is 5.75 Å². The molecule has 14 heavy (non-hydrogen) atoms. The van der Waals surface area contributed by atoms with Crippen LogP contribution in [0.25, 0.3) is 0 Å². The molecule has 1 aromatic heterocycles. The van der Waals surface area contributed by atoms with Gasteiger partial charge in [-0.2, -0.15) is 8.78 Å². The first kappa shape index (κ1) is 10.9. The number of halogens is 4. The Labute approximate surface area is 81.5 Å². The summed E-state index contributed by atoms with van der Waals surface area (Å²) in [6.45, 7) is 0. The molecule has 1 N–H and O–H groups in total. The second-order valence-electron chi connectivity index (χ2n) is 2.35. The van der Waals surface area contributed by atoms with Crippen LogP contribution in [0.2, 0.25) is 0 Å². The van der Waals surface area contributed by atoms with E-state index >= 15 is 0 Å². The Morgan fingerprint density at radius 1 is 1.50 bits per heavy atom. The molecule has 1 atom stereocenters. The molecule has 3 nitrogen and oxygen atoms in total. The summed E-state index contributed by atoms with van der Waals surface area (Å²) >= 11 is 4.54. The van der Waals surface area contributed by atoms with Crippen LogP contribution in [0.15, 0.2) is 23.1 Å². The Morgan fingerprint density at radius 2 is 2.14 bits per heavy atom. The lowest BCUT2D eigenvalue weighted by Gasteiger charge is -2.16. The van der Waals surface area contributed by atoms with Crippen molar-refractivity contribution in [2.24, 2.45) is 0 Å².